The first-order valence-electron chi connectivity index (χ1n) is 15.2. The van der Waals surface area contributed by atoms with Gasteiger partial charge < -0.3 is 30.2 Å². The number of methoxy groups -OCH3 is 1. The first kappa shape index (κ1) is 43.4. The van der Waals surface area contributed by atoms with Crippen LogP contribution >= 0.6 is 8.58 Å². The van der Waals surface area contributed by atoms with E-state index in [-0.39, 0.29) is 11.8 Å². The van der Waals surface area contributed by atoms with Gasteiger partial charge in [0.05, 0.1) is 25.5 Å². The molecule has 2 aromatic rings. The van der Waals surface area contributed by atoms with Gasteiger partial charge >= 0.3 is 0 Å². The highest BCUT2D eigenvalue weighted by atomic mass is 31.1. The number of nitrogens with two attached hydrogens (primary N) is 1. The van der Waals surface area contributed by atoms with Crippen molar-refractivity contribution >= 4 is 32.4 Å². The number of allylic oxidation sites excluding steroid dienone is 3. The van der Waals surface area contributed by atoms with Crippen LogP contribution < -0.4 is 15.4 Å². The van der Waals surface area contributed by atoms with Gasteiger partial charge in [-0.25, -0.2) is 4.98 Å². The van der Waals surface area contributed by atoms with E-state index in [9.17, 15) is 9.59 Å². The number of aromatic amines is 1. The Labute approximate surface area is 275 Å². The summed E-state index contributed by atoms with van der Waals surface area (Å²) in [4.78, 5) is 35.0. The highest BCUT2D eigenvalue weighted by molar-refractivity contribution is 7.40. The number of hydrogen-bond donors (Lipinski definition) is 2. The van der Waals surface area contributed by atoms with Gasteiger partial charge in [-0.3, -0.25) is 9.59 Å². The summed E-state index contributed by atoms with van der Waals surface area (Å²) in [6, 6.07) is 5.82. The number of hydrogen-bond acceptors (Lipinski definition) is 6. The predicted octanol–water partition coefficient (Wildman–Crippen LogP) is 6.81. The number of anilines is 1. The summed E-state index contributed by atoms with van der Waals surface area (Å²) in [5.41, 5.74) is 8.52. The molecule has 2 amide bonds. The molecule has 1 aromatic heterocycles. The number of primary amides is 1. The van der Waals surface area contributed by atoms with E-state index in [1.807, 2.05) is 37.5 Å². The molecule has 252 valence electrons. The highest BCUT2D eigenvalue weighted by Gasteiger charge is 2.12. The van der Waals surface area contributed by atoms with E-state index in [0.29, 0.717) is 6.54 Å². The van der Waals surface area contributed by atoms with E-state index in [1.165, 1.54) is 24.2 Å². The summed E-state index contributed by atoms with van der Waals surface area (Å²) < 4.78 is 5.51. The number of ether oxygens (including phenoxy) is 1. The Morgan fingerprint density at radius 1 is 1.09 bits per heavy atom. The SMILES string of the molecule is C=CC(=C)/C=C\PC.CCC.CCCCCN(C)c1ncc(-c2cc(/C=C\C(=O)N(C)C)ccc2OC)[nH]1.CN(C)CC(N)=O. The lowest BCUT2D eigenvalue weighted by atomic mass is 10.1. The number of benzene rings is 1. The summed E-state index contributed by atoms with van der Waals surface area (Å²) in [5, 5.41) is 0. The quantitative estimate of drug-likeness (QED) is 0.101. The molecular weight excluding hydrogens is 583 g/mol. The molecule has 45 heavy (non-hydrogen) atoms. The average molecular weight is 643 g/mol. The van der Waals surface area contributed by atoms with Crippen molar-refractivity contribution in [3.05, 3.63) is 72.7 Å². The largest absolute Gasteiger partial charge is 0.496 e. The van der Waals surface area contributed by atoms with E-state index in [2.05, 4.69) is 61.3 Å². The van der Waals surface area contributed by atoms with Crippen molar-refractivity contribution in [2.24, 2.45) is 5.73 Å². The molecule has 0 aliphatic carbocycles. The fourth-order valence-electron chi connectivity index (χ4n) is 3.27. The Morgan fingerprint density at radius 2 is 1.73 bits per heavy atom. The van der Waals surface area contributed by atoms with E-state index >= 15 is 0 Å². The molecule has 0 aliphatic heterocycles. The number of carbonyl (C=O) groups is 2. The second-order valence-electron chi connectivity index (χ2n) is 10.6. The Bertz CT molecular complexity index is 1190. The van der Waals surface area contributed by atoms with E-state index in [1.54, 1.807) is 58.4 Å². The van der Waals surface area contributed by atoms with Crippen molar-refractivity contribution in [3.8, 4) is 17.0 Å². The fraction of sp³-hybridized carbons (Fsp3) is 0.457. The lowest BCUT2D eigenvalue weighted by molar-refractivity contribution is -0.123. The molecule has 1 heterocycles. The maximum Gasteiger partial charge on any atom is 0.246 e. The minimum atomic E-state index is -0.287. The molecule has 0 radical (unpaired) electrons. The molecule has 3 N–H and O–H groups in total. The van der Waals surface area contributed by atoms with Crippen molar-refractivity contribution in [1.82, 2.24) is 19.8 Å². The van der Waals surface area contributed by atoms with Crippen molar-refractivity contribution in [3.63, 3.8) is 0 Å². The van der Waals surface area contributed by atoms with Gasteiger partial charge in [0.15, 0.2) is 0 Å². The van der Waals surface area contributed by atoms with Gasteiger partial charge in [0.25, 0.3) is 0 Å². The van der Waals surface area contributed by atoms with Crippen LogP contribution in [-0.2, 0) is 9.59 Å². The van der Waals surface area contributed by atoms with Gasteiger partial charge in [-0.05, 0) is 56.5 Å². The maximum atomic E-state index is 11.8. The molecule has 0 saturated heterocycles. The number of H-pyrrole nitrogens is 1. The topological polar surface area (TPSA) is 108 Å². The molecule has 0 fully saturated rings. The van der Waals surface area contributed by atoms with Crippen LogP contribution in [0.2, 0.25) is 0 Å². The molecule has 1 unspecified atom stereocenters. The third kappa shape index (κ3) is 21.6. The predicted molar refractivity (Wildman–Crippen MR) is 198 cm³/mol. The number of likely N-dealkylation sites (N-methyl/N-ethyl adjacent to an activating group) is 2. The van der Waals surface area contributed by atoms with E-state index in [4.69, 9.17) is 10.5 Å². The van der Waals surface area contributed by atoms with E-state index < -0.39 is 0 Å². The lowest BCUT2D eigenvalue weighted by Gasteiger charge is -2.15. The molecule has 0 spiro atoms. The smallest absolute Gasteiger partial charge is 0.246 e. The molecule has 0 saturated carbocycles. The highest BCUT2D eigenvalue weighted by Crippen LogP contribution is 2.31. The van der Waals surface area contributed by atoms with Gasteiger partial charge in [-0.15, -0.1) is 8.58 Å². The summed E-state index contributed by atoms with van der Waals surface area (Å²) in [5.74, 6) is 3.35. The number of carbonyl (C=O) groups excluding carboxylic acids is 2. The van der Waals surface area contributed by atoms with Crippen LogP contribution in [0.25, 0.3) is 17.3 Å². The second-order valence-corrected chi connectivity index (χ2v) is 11.5. The van der Waals surface area contributed by atoms with Crippen molar-refractivity contribution in [2.45, 2.75) is 46.5 Å². The Balaban J connectivity index is 0. The first-order valence-corrected chi connectivity index (χ1v) is 16.8. The molecule has 1 aromatic carbocycles. The molecule has 2 rings (SSSR count). The van der Waals surface area contributed by atoms with Crippen molar-refractivity contribution in [1.29, 1.82) is 0 Å². The van der Waals surface area contributed by atoms with Gasteiger partial charge in [-0.2, -0.15) is 0 Å². The van der Waals surface area contributed by atoms with Crippen LogP contribution in [0.15, 0.2) is 67.2 Å². The summed E-state index contributed by atoms with van der Waals surface area (Å²) in [7, 11) is 11.6. The third-order valence-electron chi connectivity index (χ3n) is 5.59. The average Bonchev–Trinajstić information content (AvgIpc) is 3.49. The first-order chi connectivity index (χ1) is 21.3. The van der Waals surface area contributed by atoms with Crippen LogP contribution in [0.4, 0.5) is 5.95 Å². The van der Waals surface area contributed by atoms with Crippen LogP contribution in [0.5, 0.6) is 5.75 Å². The van der Waals surface area contributed by atoms with Gasteiger partial charge in [0.2, 0.25) is 17.8 Å². The van der Waals surface area contributed by atoms with Gasteiger partial charge in [0, 0.05) is 39.3 Å². The monoisotopic (exact) mass is 642 g/mol. The Morgan fingerprint density at radius 3 is 2.20 bits per heavy atom. The zero-order valence-corrected chi connectivity index (χ0v) is 30.4. The number of imidazole rings is 1. The summed E-state index contributed by atoms with van der Waals surface area (Å²) in [6.07, 6.45) is 13.7. The molecule has 0 bridgehead atoms. The van der Waals surface area contributed by atoms with Gasteiger partial charge in [-0.1, -0.05) is 77.2 Å². The van der Waals surface area contributed by atoms with Crippen LogP contribution in [0, 0.1) is 0 Å². The number of unbranched alkanes of at least 4 members (excludes halogenated alkanes) is 2. The standard InChI is InChI=1S/C21H30N4O2.C7H11P.C4H10N2O.C3H8/c1-6-7-8-13-25(4)21-22-15-18(23-21)17-14-16(9-11-19(17)27-5)10-12-20(26)24(2)3;1-4-7(2)5-6-8-3;1-6(2)3-4(5)7;1-3-2/h9-12,14-15H,6-8,13H2,1-5H3,(H,22,23);4-6,8H,1-2H2,3H3;3H2,1-2H3,(H2,5,7);3H2,1-2H3/b12-10-;6-5-;;. The van der Waals surface area contributed by atoms with Crippen molar-refractivity contribution < 1.29 is 14.3 Å². The second kappa shape index (κ2) is 26.7. The number of rotatable bonds is 14. The Hall–Kier alpha value is -3.68. The number of nitrogens with one attached hydrogen (secondary N) is 1. The zero-order valence-electron chi connectivity index (χ0n) is 29.4. The number of amides is 2. The summed E-state index contributed by atoms with van der Waals surface area (Å²) >= 11 is 0. The maximum absolute atomic E-state index is 11.8. The van der Waals surface area contributed by atoms with Gasteiger partial charge in [0.1, 0.15) is 5.75 Å². The Kier molecular flexibility index (Phi) is 25.8. The molecular formula is C35H59N6O3P. The third-order valence-corrected chi connectivity index (χ3v) is 6.09. The van der Waals surface area contributed by atoms with Crippen LogP contribution in [0.1, 0.15) is 52.0 Å². The lowest BCUT2D eigenvalue weighted by Crippen LogP contribution is -2.27. The molecule has 0 aliphatic rings. The normalized spacial score (nSPS) is 10.5. The van der Waals surface area contributed by atoms with Crippen molar-refractivity contribution in [2.75, 3.05) is 67.0 Å². The number of aromatic nitrogens is 2. The number of nitrogens with zero attached hydrogens (tertiary/aromatic N) is 4. The minimum Gasteiger partial charge on any atom is -0.496 e. The van der Waals surface area contributed by atoms with Crippen LogP contribution in [0.3, 0.4) is 0 Å². The fourth-order valence-corrected chi connectivity index (χ4v) is 3.65. The summed E-state index contributed by atoms with van der Waals surface area (Å²) in [6.45, 7) is 17.1. The molecule has 9 nitrogen and oxygen atoms in total. The molecule has 10 heteroatoms. The van der Waals surface area contributed by atoms with E-state index in [0.717, 1.165) is 55.6 Å². The zero-order chi connectivity index (χ0) is 34.8. The minimum absolute atomic E-state index is 0.0510. The molecule has 1 atom stereocenters. The van der Waals surface area contributed by atoms with Crippen LogP contribution in [-0.4, -0.2) is 93.7 Å².